The molecule has 4 aromatic rings. The van der Waals surface area contributed by atoms with Crippen LogP contribution in [0, 0.1) is 13.8 Å². The Hall–Kier alpha value is -2.85. The first kappa shape index (κ1) is 18.5. The van der Waals surface area contributed by atoms with E-state index in [1.807, 2.05) is 6.07 Å². The van der Waals surface area contributed by atoms with Gasteiger partial charge in [0.25, 0.3) is 0 Å². The minimum atomic E-state index is 0.757. The third-order valence-electron chi connectivity index (χ3n) is 4.78. The second-order valence-electron chi connectivity index (χ2n) is 6.95. The van der Waals surface area contributed by atoms with Crippen molar-refractivity contribution in [2.75, 3.05) is 0 Å². The molecule has 0 saturated heterocycles. The molecule has 0 radical (unpaired) electrons. The Balaban J connectivity index is 1.68. The van der Waals surface area contributed by atoms with Gasteiger partial charge in [0, 0.05) is 17.9 Å². The van der Waals surface area contributed by atoms with Crippen molar-refractivity contribution in [3.63, 3.8) is 0 Å². The number of rotatable bonds is 6. The van der Waals surface area contributed by atoms with E-state index in [-0.39, 0.29) is 0 Å². The zero-order valence-electron chi connectivity index (χ0n) is 16.2. The quantitative estimate of drug-likeness (QED) is 0.395. The van der Waals surface area contributed by atoms with Crippen molar-refractivity contribution >= 4 is 11.8 Å². The largest absolute Gasteiger partial charge is 0.274 e. The van der Waals surface area contributed by atoms with Gasteiger partial charge < -0.3 is 0 Å². The number of nitrogens with zero attached hydrogens (tertiary/aromatic N) is 3. The average Bonchev–Trinajstić information content (AvgIpc) is 3.10. The van der Waals surface area contributed by atoms with Gasteiger partial charge in [0.05, 0.1) is 0 Å². The molecule has 140 valence electrons. The van der Waals surface area contributed by atoms with Crippen molar-refractivity contribution in [2.45, 2.75) is 31.2 Å². The van der Waals surface area contributed by atoms with Crippen molar-refractivity contribution in [2.24, 2.45) is 0 Å². The highest BCUT2D eigenvalue weighted by Crippen LogP contribution is 2.27. The van der Waals surface area contributed by atoms with Crippen molar-refractivity contribution in [3.05, 3.63) is 107 Å². The lowest BCUT2D eigenvalue weighted by atomic mass is 10.1. The van der Waals surface area contributed by atoms with Crippen LogP contribution in [0.4, 0.5) is 0 Å². The van der Waals surface area contributed by atoms with Gasteiger partial charge in [0.2, 0.25) is 0 Å². The van der Waals surface area contributed by atoms with E-state index in [0.29, 0.717) is 0 Å². The summed E-state index contributed by atoms with van der Waals surface area (Å²) >= 11 is 1.74. The summed E-state index contributed by atoms with van der Waals surface area (Å²) in [4.78, 5) is 0. The lowest BCUT2D eigenvalue weighted by Crippen LogP contribution is -2.04. The van der Waals surface area contributed by atoms with E-state index >= 15 is 0 Å². The lowest BCUT2D eigenvalue weighted by molar-refractivity contribution is 0.846. The molecule has 0 fully saturated rings. The van der Waals surface area contributed by atoms with Crippen LogP contribution in [0.1, 0.15) is 28.1 Å². The third-order valence-corrected chi connectivity index (χ3v) is 5.76. The molecule has 4 rings (SSSR count). The molecule has 1 aromatic heterocycles. The highest BCUT2D eigenvalue weighted by molar-refractivity contribution is 7.98. The van der Waals surface area contributed by atoms with Gasteiger partial charge in [0.15, 0.2) is 5.16 Å². The summed E-state index contributed by atoms with van der Waals surface area (Å²) < 4.78 is 2.20. The van der Waals surface area contributed by atoms with Gasteiger partial charge in [-0.1, -0.05) is 78.5 Å². The molecule has 0 aliphatic carbocycles. The average molecular weight is 386 g/mol. The summed E-state index contributed by atoms with van der Waals surface area (Å²) in [6.07, 6.45) is 0.757. The number of aryl methyl sites for hydroxylation is 2. The molecule has 0 unspecified atom stereocenters. The zero-order valence-corrected chi connectivity index (χ0v) is 17.0. The zero-order chi connectivity index (χ0) is 19.3. The Bertz CT molecular complexity index is 1070. The third kappa shape index (κ3) is 4.18. The second-order valence-corrected chi connectivity index (χ2v) is 7.89. The van der Waals surface area contributed by atoms with E-state index in [4.69, 9.17) is 0 Å². The first-order valence-electron chi connectivity index (χ1n) is 9.43. The molecule has 0 saturated carbocycles. The molecule has 0 N–H and O–H groups in total. The van der Waals surface area contributed by atoms with Crippen LogP contribution in [0.25, 0.3) is 5.69 Å². The maximum absolute atomic E-state index is 4.54. The van der Waals surface area contributed by atoms with Crippen LogP contribution in [0.15, 0.2) is 84.0 Å². The number of thioether (sulfide) groups is 1. The molecule has 3 aromatic carbocycles. The molecule has 28 heavy (non-hydrogen) atoms. The Labute approximate surface area is 170 Å². The van der Waals surface area contributed by atoms with Gasteiger partial charge in [-0.05, 0) is 48.2 Å². The minimum Gasteiger partial charge on any atom is -0.274 e. The predicted molar refractivity (Wildman–Crippen MR) is 116 cm³/mol. The Morgan fingerprint density at radius 1 is 0.821 bits per heavy atom. The van der Waals surface area contributed by atoms with Crippen LogP contribution in [0.3, 0.4) is 0 Å². The Kier molecular flexibility index (Phi) is 5.58. The summed E-state index contributed by atoms with van der Waals surface area (Å²) in [5.74, 6) is 1.84. The maximum atomic E-state index is 4.54. The van der Waals surface area contributed by atoms with Crippen molar-refractivity contribution in [3.8, 4) is 5.69 Å². The fraction of sp³-hybridized carbons (Fsp3) is 0.167. The first-order chi connectivity index (χ1) is 13.7. The molecule has 0 spiro atoms. The van der Waals surface area contributed by atoms with E-state index < -0.39 is 0 Å². The fourth-order valence-corrected chi connectivity index (χ4v) is 4.27. The Morgan fingerprint density at radius 3 is 2.39 bits per heavy atom. The van der Waals surface area contributed by atoms with E-state index in [0.717, 1.165) is 28.8 Å². The van der Waals surface area contributed by atoms with E-state index in [1.54, 1.807) is 11.8 Å². The summed E-state index contributed by atoms with van der Waals surface area (Å²) in [6, 6.07) is 27.5. The lowest BCUT2D eigenvalue weighted by Gasteiger charge is -2.12. The summed E-state index contributed by atoms with van der Waals surface area (Å²) in [5, 5.41) is 10.0. The topological polar surface area (TPSA) is 30.7 Å². The van der Waals surface area contributed by atoms with Crippen LogP contribution in [-0.2, 0) is 12.2 Å². The van der Waals surface area contributed by atoms with Gasteiger partial charge in [-0.2, -0.15) is 0 Å². The molecule has 0 atom stereocenters. The van der Waals surface area contributed by atoms with Crippen LogP contribution >= 0.6 is 11.8 Å². The van der Waals surface area contributed by atoms with Gasteiger partial charge in [-0.3, -0.25) is 4.57 Å². The van der Waals surface area contributed by atoms with E-state index in [1.165, 1.54) is 22.3 Å². The predicted octanol–water partition coefficient (Wildman–Crippen LogP) is 5.77. The number of benzene rings is 3. The summed E-state index contributed by atoms with van der Waals surface area (Å²) in [6.45, 7) is 4.27. The molecular formula is C24H23N3S. The van der Waals surface area contributed by atoms with Crippen molar-refractivity contribution in [1.82, 2.24) is 14.8 Å². The maximum Gasteiger partial charge on any atom is 0.196 e. The molecule has 0 aliphatic heterocycles. The number of hydrogen-bond donors (Lipinski definition) is 0. The number of hydrogen-bond acceptors (Lipinski definition) is 3. The van der Waals surface area contributed by atoms with Crippen molar-refractivity contribution in [1.29, 1.82) is 0 Å². The normalized spacial score (nSPS) is 10.9. The van der Waals surface area contributed by atoms with Crippen LogP contribution in [-0.4, -0.2) is 14.8 Å². The first-order valence-corrected chi connectivity index (χ1v) is 10.4. The standard InChI is InChI=1S/C24H23N3S/c1-18-9-8-14-22(15-18)27-23(16-20-11-4-3-5-12-20)25-26-24(27)28-17-21-13-7-6-10-19(21)2/h3-15H,16-17H2,1-2H3. The summed E-state index contributed by atoms with van der Waals surface area (Å²) in [7, 11) is 0. The fourth-order valence-electron chi connectivity index (χ4n) is 3.23. The summed E-state index contributed by atoms with van der Waals surface area (Å²) in [5.41, 5.74) is 6.21. The minimum absolute atomic E-state index is 0.757. The molecular weight excluding hydrogens is 362 g/mol. The molecule has 3 nitrogen and oxygen atoms in total. The number of aromatic nitrogens is 3. The SMILES string of the molecule is Cc1cccc(-n2c(Cc3ccccc3)nnc2SCc2ccccc2C)c1. The monoisotopic (exact) mass is 385 g/mol. The van der Waals surface area contributed by atoms with E-state index in [9.17, 15) is 0 Å². The highest BCUT2D eigenvalue weighted by atomic mass is 32.2. The van der Waals surface area contributed by atoms with E-state index in [2.05, 4.69) is 101 Å². The molecule has 1 heterocycles. The van der Waals surface area contributed by atoms with Gasteiger partial charge in [0.1, 0.15) is 5.82 Å². The molecule has 4 heteroatoms. The second kappa shape index (κ2) is 8.44. The van der Waals surface area contributed by atoms with Gasteiger partial charge in [-0.15, -0.1) is 10.2 Å². The molecule has 0 aliphatic rings. The smallest absolute Gasteiger partial charge is 0.196 e. The highest BCUT2D eigenvalue weighted by Gasteiger charge is 2.15. The molecule has 0 amide bonds. The van der Waals surface area contributed by atoms with Crippen LogP contribution in [0.2, 0.25) is 0 Å². The van der Waals surface area contributed by atoms with Gasteiger partial charge >= 0.3 is 0 Å². The van der Waals surface area contributed by atoms with Crippen LogP contribution < -0.4 is 0 Å². The van der Waals surface area contributed by atoms with Gasteiger partial charge in [-0.25, -0.2) is 0 Å². The van der Waals surface area contributed by atoms with Crippen molar-refractivity contribution < 1.29 is 0 Å². The molecule has 0 bridgehead atoms. The Morgan fingerprint density at radius 2 is 1.61 bits per heavy atom. The van der Waals surface area contributed by atoms with Crippen LogP contribution in [0.5, 0.6) is 0 Å².